The van der Waals surface area contributed by atoms with Crippen molar-refractivity contribution in [2.75, 3.05) is 29.9 Å². The first-order valence-corrected chi connectivity index (χ1v) is 9.80. The van der Waals surface area contributed by atoms with Crippen LogP contribution in [0, 0.1) is 0 Å². The first-order valence-electron chi connectivity index (χ1n) is 9.42. The highest BCUT2D eigenvalue weighted by molar-refractivity contribution is 6.30. The summed E-state index contributed by atoms with van der Waals surface area (Å²) in [6.07, 6.45) is 2.48. The molecule has 0 saturated heterocycles. The maximum atomic E-state index is 11.9. The quantitative estimate of drug-likeness (QED) is 0.315. The molecule has 0 aliphatic rings. The molecule has 0 aliphatic heterocycles. The van der Waals surface area contributed by atoms with Crippen LogP contribution in [-0.2, 0) is 4.79 Å². The van der Waals surface area contributed by atoms with E-state index >= 15 is 0 Å². The van der Waals surface area contributed by atoms with Gasteiger partial charge in [-0.3, -0.25) is 4.79 Å². The number of nitrogens with zero attached hydrogens (tertiary/aromatic N) is 2. The predicted molar refractivity (Wildman–Crippen MR) is 117 cm³/mol. The third-order valence-electron chi connectivity index (χ3n) is 4.29. The van der Waals surface area contributed by atoms with Gasteiger partial charge in [-0.2, -0.15) is 5.10 Å². The van der Waals surface area contributed by atoms with Gasteiger partial charge in [0, 0.05) is 54.1 Å². The van der Waals surface area contributed by atoms with E-state index in [1.165, 1.54) is 6.21 Å². The monoisotopic (exact) mass is 402 g/mol. The molecule has 0 saturated carbocycles. The Labute approximate surface area is 171 Å². The van der Waals surface area contributed by atoms with Gasteiger partial charge in [-0.1, -0.05) is 11.6 Å². The average molecular weight is 403 g/mol. The van der Waals surface area contributed by atoms with Gasteiger partial charge in [-0.15, -0.1) is 0 Å². The zero-order valence-electron chi connectivity index (χ0n) is 16.3. The fraction of sp³-hybridized carbons (Fsp3) is 0.333. The zero-order chi connectivity index (χ0) is 20.4. The van der Waals surface area contributed by atoms with Crippen LogP contribution in [0.2, 0.25) is 5.02 Å². The Morgan fingerprint density at radius 2 is 1.89 bits per heavy atom. The van der Waals surface area contributed by atoms with E-state index in [4.69, 9.17) is 11.6 Å². The number of aromatic hydroxyl groups is 1. The van der Waals surface area contributed by atoms with E-state index in [-0.39, 0.29) is 11.7 Å². The predicted octanol–water partition coefficient (Wildman–Crippen LogP) is 4.23. The number of phenolic OH excluding ortho intramolecular Hbond substituents is 1. The molecule has 1 amide bonds. The van der Waals surface area contributed by atoms with Crippen molar-refractivity contribution in [2.45, 2.75) is 26.7 Å². The molecule has 0 unspecified atom stereocenters. The minimum atomic E-state index is -0.173. The lowest BCUT2D eigenvalue weighted by Crippen LogP contribution is -2.21. The van der Waals surface area contributed by atoms with E-state index in [1.807, 2.05) is 30.3 Å². The molecule has 0 fully saturated rings. The molecule has 0 spiro atoms. The highest BCUT2D eigenvalue weighted by Crippen LogP contribution is 2.23. The molecule has 0 heterocycles. The number of nitrogens with one attached hydrogen (secondary N) is 2. The van der Waals surface area contributed by atoms with Gasteiger partial charge in [0.1, 0.15) is 5.75 Å². The largest absolute Gasteiger partial charge is 0.507 e. The topological polar surface area (TPSA) is 77.0 Å². The number of hydrogen-bond acceptors (Lipinski definition) is 5. The van der Waals surface area contributed by atoms with E-state index in [2.05, 4.69) is 34.6 Å². The second kappa shape index (κ2) is 11.2. The number of hydrazone groups is 1. The molecule has 2 rings (SSSR count). The number of carbonyl (C=O) groups is 1. The highest BCUT2D eigenvalue weighted by atomic mass is 35.5. The summed E-state index contributed by atoms with van der Waals surface area (Å²) in [6, 6.07) is 12.8. The molecule has 0 bridgehead atoms. The molecule has 7 heteroatoms. The molecule has 0 aromatic heterocycles. The van der Waals surface area contributed by atoms with Gasteiger partial charge in [-0.25, -0.2) is 5.43 Å². The molecule has 0 atom stereocenters. The minimum absolute atomic E-state index is 0.134. The molecule has 6 nitrogen and oxygen atoms in total. The van der Waals surface area contributed by atoms with E-state index in [9.17, 15) is 9.90 Å². The second-order valence-electron chi connectivity index (χ2n) is 6.25. The van der Waals surface area contributed by atoms with Crippen LogP contribution in [0.1, 0.15) is 32.3 Å². The number of phenols is 1. The summed E-state index contributed by atoms with van der Waals surface area (Å²) in [4.78, 5) is 14.0. The summed E-state index contributed by atoms with van der Waals surface area (Å²) in [5.74, 6) is -0.0389. The Morgan fingerprint density at radius 1 is 1.18 bits per heavy atom. The van der Waals surface area contributed by atoms with E-state index < -0.39 is 0 Å². The Bertz CT molecular complexity index is 789. The maximum Gasteiger partial charge on any atom is 0.240 e. The fourth-order valence-electron chi connectivity index (χ4n) is 2.71. The number of rotatable bonds is 10. The van der Waals surface area contributed by atoms with Crippen molar-refractivity contribution in [2.24, 2.45) is 5.10 Å². The minimum Gasteiger partial charge on any atom is -0.507 e. The zero-order valence-corrected chi connectivity index (χ0v) is 17.0. The van der Waals surface area contributed by atoms with E-state index in [0.717, 1.165) is 24.5 Å². The fourth-order valence-corrected chi connectivity index (χ4v) is 2.83. The van der Waals surface area contributed by atoms with Crippen molar-refractivity contribution < 1.29 is 9.90 Å². The maximum absolute atomic E-state index is 11.9. The summed E-state index contributed by atoms with van der Waals surface area (Å²) in [5, 5.41) is 18.0. The third-order valence-corrected chi connectivity index (χ3v) is 4.54. The molecule has 0 radical (unpaired) electrons. The Kier molecular flexibility index (Phi) is 8.62. The van der Waals surface area contributed by atoms with Crippen LogP contribution in [0.5, 0.6) is 5.75 Å². The van der Waals surface area contributed by atoms with Crippen LogP contribution in [-0.4, -0.2) is 36.9 Å². The van der Waals surface area contributed by atoms with Crippen molar-refractivity contribution in [3.63, 3.8) is 0 Å². The Hall–Kier alpha value is -2.73. The van der Waals surface area contributed by atoms with Crippen molar-refractivity contribution in [1.29, 1.82) is 0 Å². The molecular weight excluding hydrogens is 376 g/mol. The van der Waals surface area contributed by atoms with Gasteiger partial charge in [0.2, 0.25) is 5.91 Å². The van der Waals surface area contributed by atoms with E-state index in [1.54, 1.807) is 12.1 Å². The summed E-state index contributed by atoms with van der Waals surface area (Å²) in [6.45, 7) is 6.54. The van der Waals surface area contributed by atoms with E-state index in [0.29, 0.717) is 30.0 Å². The van der Waals surface area contributed by atoms with Gasteiger partial charge in [0.15, 0.2) is 0 Å². The van der Waals surface area contributed by atoms with Gasteiger partial charge in [0.25, 0.3) is 0 Å². The number of amides is 1. The van der Waals surface area contributed by atoms with Crippen LogP contribution in [0.15, 0.2) is 47.6 Å². The van der Waals surface area contributed by atoms with Crippen molar-refractivity contribution in [3.8, 4) is 5.75 Å². The number of halogens is 1. The van der Waals surface area contributed by atoms with Gasteiger partial charge >= 0.3 is 0 Å². The Balaban J connectivity index is 1.74. The summed E-state index contributed by atoms with van der Waals surface area (Å²) in [7, 11) is 0. The molecule has 150 valence electrons. The second-order valence-corrected chi connectivity index (χ2v) is 6.68. The van der Waals surface area contributed by atoms with Crippen LogP contribution in [0.4, 0.5) is 11.4 Å². The van der Waals surface area contributed by atoms with Gasteiger partial charge < -0.3 is 15.3 Å². The molecule has 0 aliphatic carbocycles. The van der Waals surface area contributed by atoms with Crippen LogP contribution < -0.4 is 15.6 Å². The molecular formula is C21H27ClN4O2. The SMILES string of the molecule is CCN(CC)c1ccc(/C=N\NC(=O)CCCNc2ccc(Cl)cc2)c(O)c1. The smallest absolute Gasteiger partial charge is 0.240 e. The molecule has 2 aromatic rings. The normalized spacial score (nSPS) is 10.8. The number of hydrogen-bond donors (Lipinski definition) is 3. The Morgan fingerprint density at radius 3 is 2.54 bits per heavy atom. The van der Waals surface area contributed by atoms with Gasteiger partial charge in [0.05, 0.1) is 6.21 Å². The van der Waals surface area contributed by atoms with Crippen molar-refractivity contribution in [1.82, 2.24) is 5.43 Å². The van der Waals surface area contributed by atoms with Crippen LogP contribution >= 0.6 is 11.6 Å². The molecule has 28 heavy (non-hydrogen) atoms. The average Bonchev–Trinajstić information content (AvgIpc) is 2.69. The molecule has 3 N–H and O–H groups in total. The summed E-state index contributed by atoms with van der Waals surface area (Å²) >= 11 is 5.84. The van der Waals surface area contributed by atoms with Crippen LogP contribution in [0.3, 0.4) is 0 Å². The van der Waals surface area contributed by atoms with Crippen molar-refractivity contribution >= 4 is 35.1 Å². The standard InChI is InChI=1S/C21H27ClN4O2/c1-3-26(4-2)19-12-7-16(20(27)14-19)15-24-25-21(28)6-5-13-23-18-10-8-17(22)9-11-18/h7-12,14-15,23,27H,3-6,13H2,1-2H3,(H,25,28)/b24-15-. The number of carbonyl (C=O) groups excluding carboxylic acids is 1. The molecule has 2 aromatic carbocycles. The van der Waals surface area contributed by atoms with Gasteiger partial charge in [-0.05, 0) is 56.7 Å². The third kappa shape index (κ3) is 6.78. The first kappa shape index (κ1) is 21.6. The lowest BCUT2D eigenvalue weighted by molar-refractivity contribution is -0.121. The van der Waals surface area contributed by atoms with Crippen LogP contribution in [0.25, 0.3) is 0 Å². The number of anilines is 2. The highest BCUT2D eigenvalue weighted by Gasteiger charge is 2.06. The number of benzene rings is 2. The lowest BCUT2D eigenvalue weighted by Gasteiger charge is -2.21. The first-order chi connectivity index (χ1) is 13.5. The lowest BCUT2D eigenvalue weighted by atomic mass is 10.2. The summed E-state index contributed by atoms with van der Waals surface area (Å²) in [5.41, 5.74) is 4.96. The summed E-state index contributed by atoms with van der Waals surface area (Å²) < 4.78 is 0. The van der Waals surface area contributed by atoms with Crippen molar-refractivity contribution in [3.05, 3.63) is 53.1 Å².